The first kappa shape index (κ1) is 30.7. The number of methoxy groups -OCH3 is 3. The maximum absolute atomic E-state index is 11.6. The van der Waals surface area contributed by atoms with Crippen molar-refractivity contribution >= 4 is 67.1 Å². The minimum absolute atomic E-state index is 0.0959. The molecule has 0 fully saturated rings. The molecular formula is C27H28N8O6S2. The number of hydrogen-bond donors (Lipinski definition) is 4. The van der Waals surface area contributed by atoms with Crippen LogP contribution in [0.2, 0.25) is 0 Å². The summed E-state index contributed by atoms with van der Waals surface area (Å²) in [6.45, 7) is 2.56. The average Bonchev–Trinajstić information content (AvgIpc) is 3.69. The molecule has 0 atom stereocenters. The van der Waals surface area contributed by atoms with E-state index in [0.717, 1.165) is 45.3 Å². The predicted molar refractivity (Wildman–Crippen MR) is 168 cm³/mol. The average molecular weight is 625 g/mol. The normalized spacial score (nSPS) is 10.4. The summed E-state index contributed by atoms with van der Waals surface area (Å²) >= 11 is 2.12. The number of fused-ring (bicyclic) bond motifs is 1. The summed E-state index contributed by atoms with van der Waals surface area (Å²) < 4.78 is 16.1. The number of anilines is 4. The van der Waals surface area contributed by atoms with Gasteiger partial charge in [0.15, 0.2) is 16.6 Å². The Balaban J connectivity index is 0.000000225. The second-order valence-corrected chi connectivity index (χ2v) is 10.6. The summed E-state index contributed by atoms with van der Waals surface area (Å²) in [7, 11) is 4.75. The lowest BCUT2D eigenvalue weighted by atomic mass is 10.0. The number of carbonyl (C=O) groups excluding carboxylic acids is 1. The Bertz CT molecular complexity index is 1740. The van der Waals surface area contributed by atoms with Crippen LogP contribution in [0, 0.1) is 17.0 Å². The van der Waals surface area contributed by atoms with E-state index in [0.29, 0.717) is 34.5 Å². The van der Waals surface area contributed by atoms with Crippen LogP contribution in [0.5, 0.6) is 17.2 Å². The molecule has 0 aliphatic rings. The maximum Gasteiger partial charge on any atom is 0.345 e. The van der Waals surface area contributed by atoms with Gasteiger partial charge in [-0.25, -0.2) is 9.97 Å². The van der Waals surface area contributed by atoms with Crippen LogP contribution in [-0.4, -0.2) is 47.1 Å². The van der Waals surface area contributed by atoms with Crippen LogP contribution in [0.15, 0.2) is 48.0 Å². The minimum Gasteiger partial charge on any atom is -0.493 e. The number of aromatic nitrogens is 3. The lowest BCUT2D eigenvalue weighted by Gasteiger charge is -2.16. The standard InChI is InChI=1S/C19H23N5O3.C8H5N3O3S2/c1-10-11(5-6-13-16(10)18(20)24-19(21)23-13)9-22-12-7-14(25-2)17(27-4)15(8-12)26-3;12-7(5-2-1-3-15-5)10-8-9-4-6(16-8)11(13)14/h5-8,22H,9H2,1-4H3,(H4,20,21,23,24);1-4H,(H,9,10,12). The monoisotopic (exact) mass is 624 g/mol. The Morgan fingerprint density at radius 2 is 1.79 bits per heavy atom. The van der Waals surface area contributed by atoms with E-state index in [2.05, 4.69) is 25.6 Å². The fourth-order valence-corrected chi connectivity index (χ4v) is 5.28. The van der Waals surface area contributed by atoms with Crippen molar-refractivity contribution < 1.29 is 23.9 Å². The molecule has 2 aromatic carbocycles. The fourth-order valence-electron chi connectivity index (χ4n) is 4.03. The summed E-state index contributed by atoms with van der Waals surface area (Å²) in [4.78, 5) is 34.0. The van der Waals surface area contributed by atoms with Gasteiger partial charge in [0.1, 0.15) is 12.0 Å². The van der Waals surface area contributed by atoms with Crippen molar-refractivity contribution in [2.75, 3.05) is 43.4 Å². The molecule has 0 aliphatic heterocycles. The molecule has 0 aliphatic carbocycles. The molecule has 0 spiro atoms. The Kier molecular flexibility index (Phi) is 9.74. The first-order chi connectivity index (χ1) is 20.6. The number of aryl methyl sites for hydroxylation is 1. The first-order valence-corrected chi connectivity index (χ1v) is 14.1. The van der Waals surface area contributed by atoms with Crippen LogP contribution in [0.3, 0.4) is 0 Å². The van der Waals surface area contributed by atoms with Gasteiger partial charge in [-0.2, -0.15) is 4.98 Å². The third-order valence-electron chi connectivity index (χ3n) is 6.07. The molecule has 0 saturated heterocycles. The van der Waals surface area contributed by atoms with Gasteiger partial charge in [-0.1, -0.05) is 12.1 Å². The van der Waals surface area contributed by atoms with E-state index in [-0.39, 0.29) is 22.0 Å². The smallest absolute Gasteiger partial charge is 0.345 e. The first-order valence-electron chi connectivity index (χ1n) is 12.4. The van der Waals surface area contributed by atoms with Crippen molar-refractivity contribution in [1.82, 2.24) is 15.0 Å². The number of thiophene rings is 1. The zero-order valence-electron chi connectivity index (χ0n) is 23.5. The lowest BCUT2D eigenvalue weighted by molar-refractivity contribution is -0.380. The summed E-state index contributed by atoms with van der Waals surface area (Å²) in [5.74, 6) is 1.96. The fraction of sp³-hybridized carbons (Fsp3) is 0.185. The molecule has 16 heteroatoms. The van der Waals surface area contributed by atoms with Crippen molar-refractivity contribution in [3.05, 3.63) is 74.1 Å². The van der Waals surface area contributed by atoms with Gasteiger partial charge in [0.05, 0.1) is 36.6 Å². The highest BCUT2D eigenvalue weighted by Crippen LogP contribution is 2.40. The summed E-state index contributed by atoms with van der Waals surface area (Å²) in [5.41, 5.74) is 15.4. The van der Waals surface area contributed by atoms with E-state index in [4.69, 9.17) is 25.7 Å². The van der Waals surface area contributed by atoms with Crippen LogP contribution in [0.25, 0.3) is 10.9 Å². The highest BCUT2D eigenvalue weighted by atomic mass is 32.1. The number of ether oxygens (including phenoxy) is 3. The van der Waals surface area contributed by atoms with Crippen LogP contribution in [0.4, 0.5) is 27.6 Å². The summed E-state index contributed by atoms with van der Waals surface area (Å²) in [6, 6.07) is 11.0. The van der Waals surface area contributed by atoms with Gasteiger partial charge in [-0.3, -0.25) is 20.2 Å². The highest BCUT2D eigenvalue weighted by Gasteiger charge is 2.16. The molecule has 1 amide bonds. The molecule has 5 rings (SSSR count). The molecule has 0 saturated carbocycles. The van der Waals surface area contributed by atoms with Crippen molar-refractivity contribution in [1.29, 1.82) is 0 Å². The number of thiazole rings is 1. The number of carbonyl (C=O) groups is 1. The van der Waals surface area contributed by atoms with Crippen molar-refractivity contribution in [2.45, 2.75) is 13.5 Å². The SMILES string of the molecule is COc1cc(NCc2ccc3nc(N)nc(N)c3c2C)cc(OC)c1OC.O=C(Nc1ncc([N+](=O)[O-])s1)c1cccs1. The number of nitrogens with zero attached hydrogens (tertiary/aromatic N) is 4. The third-order valence-corrected chi connectivity index (χ3v) is 7.80. The van der Waals surface area contributed by atoms with Gasteiger partial charge in [0.2, 0.25) is 11.7 Å². The zero-order valence-corrected chi connectivity index (χ0v) is 25.2. The number of hydrogen-bond acceptors (Lipinski definition) is 14. The molecule has 14 nitrogen and oxygen atoms in total. The second-order valence-electron chi connectivity index (χ2n) is 8.67. The van der Waals surface area contributed by atoms with Crippen LogP contribution in [0.1, 0.15) is 20.8 Å². The van der Waals surface area contributed by atoms with E-state index >= 15 is 0 Å². The van der Waals surface area contributed by atoms with E-state index < -0.39 is 4.92 Å². The third kappa shape index (κ3) is 7.17. The van der Waals surface area contributed by atoms with Gasteiger partial charge < -0.3 is 31.0 Å². The predicted octanol–water partition coefficient (Wildman–Crippen LogP) is 5.11. The number of nitrogens with one attached hydrogen (secondary N) is 2. The van der Waals surface area contributed by atoms with E-state index in [1.54, 1.807) is 38.8 Å². The minimum atomic E-state index is -0.543. The largest absolute Gasteiger partial charge is 0.493 e. The van der Waals surface area contributed by atoms with Crippen LogP contribution < -0.4 is 36.3 Å². The van der Waals surface area contributed by atoms with E-state index in [9.17, 15) is 14.9 Å². The van der Waals surface area contributed by atoms with Gasteiger partial charge >= 0.3 is 5.00 Å². The Morgan fingerprint density at radius 1 is 1.07 bits per heavy atom. The molecule has 0 unspecified atom stereocenters. The molecule has 0 bridgehead atoms. The molecule has 43 heavy (non-hydrogen) atoms. The number of nitrogen functional groups attached to an aromatic ring is 2. The van der Waals surface area contributed by atoms with Crippen molar-refractivity contribution in [3.63, 3.8) is 0 Å². The maximum atomic E-state index is 11.6. The molecule has 0 radical (unpaired) electrons. The summed E-state index contributed by atoms with van der Waals surface area (Å²) in [5, 5.41) is 19.0. The van der Waals surface area contributed by atoms with Crippen LogP contribution >= 0.6 is 22.7 Å². The Morgan fingerprint density at radius 3 is 2.37 bits per heavy atom. The Hall–Kier alpha value is -5.22. The zero-order chi connectivity index (χ0) is 31.1. The topological polar surface area (TPSA) is 203 Å². The number of nitrogens with two attached hydrogens (primary N) is 2. The van der Waals surface area contributed by atoms with Gasteiger partial charge in [0, 0.05) is 29.8 Å². The number of nitro groups is 1. The van der Waals surface area contributed by atoms with Crippen molar-refractivity contribution in [3.8, 4) is 17.2 Å². The molecule has 6 N–H and O–H groups in total. The van der Waals surface area contributed by atoms with Gasteiger partial charge in [-0.15, -0.1) is 11.3 Å². The lowest BCUT2D eigenvalue weighted by Crippen LogP contribution is -2.09. The molecular weight excluding hydrogens is 596 g/mol. The molecule has 224 valence electrons. The van der Waals surface area contributed by atoms with Gasteiger partial charge in [0.25, 0.3) is 5.91 Å². The highest BCUT2D eigenvalue weighted by molar-refractivity contribution is 7.19. The Labute approximate surface area is 253 Å². The molecule has 5 aromatic rings. The number of rotatable bonds is 9. The molecule has 3 heterocycles. The quantitative estimate of drug-likeness (QED) is 0.125. The number of amides is 1. The van der Waals surface area contributed by atoms with Crippen molar-refractivity contribution in [2.24, 2.45) is 0 Å². The van der Waals surface area contributed by atoms with E-state index in [1.165, 1.54) is 11.3 Å². The van der Waals surface area contributed by atoms with Crippen LogP contribution in [-0.2, 0) is 6.54 Å². The van der Waals surface area contributed by atoms with Gasteiger partial charge in [-0.05, 0) is 46.9 Å². The van der Waals surface area contributed by atoms with E-state index in [1.807, 2.05) is 31.2 Å². The second kappa shape index (κ2) is 13.6. The summed E-state index contributed by atoms with van der Waals surface area (Å²) in [6.07, 6.45) is 1.12. The number of benzene rings is 2. The molecule has 3 aromatic heterocycles.